The van der Waals surface area contributed by atoms with Gasteiger partial charge in [0.1, 0.15) is 0 Å². The molecule has 0 unspecified atom stereocenters. The number of carbonyl (C=O) groups excluding carboxylic acids is 3. The first-order chi connectivity index (χ1) is 7.91. The summed E-state index contributed by atoms with van der Waals surface area (Å²) in [7, 11) is 0. The summed E-state index contributed by atoms with van der Waals surface area (Å²) in [6.45, 7) is 4.84. The number of carbonyl (C=O) groups is 3. The van der Waals surface area contributed by atoms with E-state index in [-0.39, 0.29) is 23.7 Å². The summed E-state index contributed by atoms with van der Waals surface area (Å²) in [5, 5.41) is 2.08. The first-order valence-corrected chi connectivity index (χ1v) is 5.81. The van der Waals surface area contributed by atoms with Gasteiger partial charge in [-0.15, -0.1) is 0 Å². The Morgan fingerprint density at radius 1 is 1.24 bits per heavy atom. The molecule has 0 aromatic rings. The van der Waals surface area contributed by atoms with E-state index in [4.69, 9.17) is 5.73 Å². The van der Waals surface area contributed by atoms with E-state index in [0.29, 0.717) is 25.9 Å². The summed E-state index contributed by atoms with van der Waals surface area (Å²) < 4.78 is 0. The minimum Gasteiger partial charge on any atom is -0.351 e. The molecular weight excluding hydrogens is 222 g/mol. The Morgan fingerprint density at radius 2 is 1.76 bits per heavy atom. The number of imide groups is 1. The molecule has 6 heteroatoms. The Morgan fingerprint density at radius 3 is 2.18 bits per heavy atom. The molecule has 0 aliphatic carbocycles. The minimum absolute atomic E-state index is 0.0222. The van der Waals surface area contributed by atoms with Gasteiger partial charge in [0.25, 0.3) is 0 Å². The van der Waals surface area contributed by atoms with Crippen LogP contribution in [-0.4, -0.2) is 35.8 Å². The third kappa shape index (κ3) is 3.72. The topological polar surface area (TPSA) is 92.5 Å². The zero-order valence-corrected chi connectivity index (χ0v) is 10.2. The molecule has 17 heavy (non-hydrogen) atoms. The Labute approximate surface area is 101 Å². The van der Waals surface area contributed by atoms with Gasteiger partial charge in [0, 0.05) is 24.9 Å². The smallest absolute Gasteiger partial charge is 0.318 e. The van der Waals surface area contributed by atoms with Crippen LogP contribution in [0.4, 0.5) is 4.79 Å². The van der Waals surface area contributed by atoms with Crippen LogP contribution in [0.5, 0.6) is 0 Å². The van der Waals surface area contributed by atoms with Crippen molar-refractivity contribution < 1.29 is 14.4 Å². The molecule has 1 fully saturated rings. The summed E-state index contributed by atoms with van der Waals surface area (Å²) >= 11 is 0. The van der Waals surface area contributed by atoms with Crippen LogP contribution in [0.2, 0.25) is 0 Å². The van der Waals surface area contributed by atoms with Crippen LogP contribution in [0, 0.1) is 11.8 Å². The molecular formula is C11H19N3O3. The molecule has 0 saturated carbocycles. The van der Waals surface area contributed by atoms with Crippen LogP contribution in [0.15, 0.2) is 0 Å². The number of hydrogen-bond donors (Lipinski definition) is 2. The Balaban J connectivity index is 2.43. The SMILES string of the molecule is CC(C)C(=O)N1CCC(C(=O)NC(N)=O)CC1. The molecule has 0 spiro atoms. The second-order valence-corrected chi connectivity index (χ2v) is 4.61. The number of primary amides is 1. The second kappa shape index (κ2) is 5.65. The third-order valence-electron chi connectivity index (χ3n) is 2.92. The molecule has 1 aliphatic rings. The number of amides is 4. The largest absolute Gasteiger partial charge is 0.351 e. The van der Waals surface area contributed by atoms with Gasteiger partial charge < -0.3 is 10.6 Å². The van der Waals surface area contributed by atoms with Gasteiger partial charge in [-0.25, -0.2) is 4.79 Å². The van der Waals surface area contributed by atoms with Gasteiger partial charge in [0.05, 0.1) is 0 Å². The van der Waals surface area contributed by atoms with E-state index in [1.54, 1.807) is 4.90 Å². The van der Waals surface area contributed by atoms with Gasteiger partial charge >= 0.3 is 6.03 Å². The molecule has 3 N–H and O–H groups in total. The van der Waals surface area contributed by atoms with Gasteiger partial charge in [-0.3, -0.25) is 14.9 Å². The van der Waals surface area contributed by atoms with Crippen molar-refractivity contribution in [1.82, 2.24) is 10.2 Å². The molecule has 6 nitrogen and oxygen atoms in total. The number of nitrogens with one attached hydrogen (secondary N) is 1. The van der Waals surface area contributed by atoms with E-state index in [2.05, 4.69) is 5.32 Å². The highest BCUT2D eigenvalue weighted by Gasteiger charge is 2.28. The number of urea groups is 1. The summed E-state index contributed by atoms with van der Waals surface area (Å²) in [6, 6.07) is -0.823. The van der Waals surface area contributed by atoms with E-state index in [9.17, 15) is 14.4 Å². The number of piperidine rings is 1. The van der Waals surface area contributed by atoms with Crippen molar-refractivity contribution >= 4 is 17.8 Å². The van der Waals surface area contributed by atoms with Crippen LogP contribution in [-0.2, 0) is 9.59 Å². The summed E-state index contributed by atoms with van der Waals surface area (Å²) in [4.78, 5) is 35.5. The quantitative estimate of drug-likeness (QED) is 0.716. The van der Waals surface area contributed by atoms with Gasteiger partial charge in [0.15, 0.2) is 0 Å². The zero-order chi connectivity index (χ0) is 13.0. The zero-order valence-electron chi connectivity index (χ0n) is 10.2. The van der Waals surface area contributed by atoms with Gasteiger partial charge in [0.2, 0.25) is 11.8 Å². The van der Waals surface area contributed by atoms with E-state index in [0.717, 1.165) is 0 Å². The second-order valence-electron chi connectivity index (χ2n) is 4.61. The fourth-order valence-electron chi connectivity index (χ4n) is 1.95. The van der Waals surface area contributed by atoms with Gasteiger partial charge in [-0.2, -0.15) is 0 Å². The van der Waals surface area contributed by atoms with E-state index < -0.39 is 6.03 Å². The van der Waals surface area contributed by atoms with E-state index in [1.165, 1.54) is 0 Å². The van der Waals surface area contributed by atoms with Gasteiger partial charge in [-0.1, -0.05) is 13.8 Å². The third-order valence-corrected chi connectivity index (χ3v) is 2.92. The Bertz CT molecular complexity index is 320. The maximum atomic E-state index is 11.7. The summed E-state index contributed by atoms with van der Waals surface area (Å²) in [5.41, 5.74) is 4.88. The standard InChI is InChI=1S/C11H19N3O3/c1-7(2)10(16)14-5-3-8(4-6-14)9(15)13-11(12)17/h7-8H,3-6H2,1-2H3,(H3,12,13,15,17). The summed E-state index contributed by atoms with van der Waals surface area (Å²) in [5.74, 6) is -0.474. The molecule has 0 bridgehead atoms. The predicted octanol–water partition coefficient (Wildman–Crippen LogP) is 0.0759. The lowest BCUT2D eigenvalue weighted by molar-refractivity contribution is -0.138. The molecule has 96 valence electrons. The van der Waals surface area contributed by atoms with Crippen LogP contribution in [0.25, 0.3) is 0 Å². The maximum Gasteiger partial charge on any atom is 0.318 e. The fourth-order valence-corrected chi connectivity index (χ4v) is 1.95. The van der Waals surface area contributed by atoms with E-state index >= 15 is 0 Å². The number of nitrogens with two attached hydrogens (primary N) is 1. The monoisotopic (exact) mass is 241 g/mol. The number of likely N-dealkylation sites (tertiary alicyclic amines) is 1. The van der Waals surface area contributed by atoms with Crippen LogP contribution in [0.3, 0.4) is 0 Å². The van der Waals surface area contributed by atoms with Crippen molar-refractivity contribution in [2.75, 3.05) is 13.1 Å². The Hall–Kier alpha value is -1.59. The highest BCUT2D eigenvalue weighted by molar-refractivity contribution is 5.94. The van der Waals surface area contributed by atoms with E-state index in [1.807, 2.05) is 13.8 Å². The first kappa shape index (κ1) is 13.5. The normalized spacial score (nSPS) is 17.0. The van der Waals surface area contributed by atoms with Crippen molar-refractivity contribution in [2.24, 2.45) is 17.6 Å². The van der Waals surface area contributed by atoms with Crippen molar-refractivity contribution in [3.63, 3.8) is 0 Å². The number of nitrogens with zero attached hydrogens (tertiary/aromatic N) is 1. The van der Waals surface area contributed by atoms with Crippen LogP contribution in [0.1, 0.15) is 26.7 Å². The minimum atomic E-state index is -0.823. The van der Waals surface area contributed by atoms with Crippen molar-refractivity contribution in [1.29, 1.82) is 0 Å². The van der Waals surface area contributed by atoms with Crippen LogP contribution < -0.4 is 11.1 Å². The Kier molecular flexibility index (Phi) is 4.48. The molecule has 0 aromatic carbocycles. The maximum absolute atomic E-state index is 11.7. The highest BCUT2D eigenvalue weighted by atomic mass is 16.2. The average molecular weight is 241 g/mol. The highest BCUT2D eigenvalue weighted by Crippen LogP contribution is 2.18. The number of rotatable bonds is 2. The van der Waals surface area contributed by atoms with Gasteiger partial charge in [-0.05, 0) is 12.8 Å². The molecule has 0 radical (unpaired) electrons. The lowest BCUT2D eigenvalue weighted by atomic mass is 9.95. The van der Waals surface area contributed by atoms with Crippen molar-refractivity contribution in [3.05, 3.63) is 0 Å². The van der Waals surface area contributed by atoms with Crippen molar-refractivity contribution in [3.8, 4) is 0 Å². The number of hydrogen-bond acceptors (Lipinski definition) is 3. The molecule has 4 amide bonds. The van der Waals surface area contributed by atoms with Crippen LogP contribution >= 0.6 is 0 Å². The molecule has 1 saturated heterocycles. The molecule has 0 atom stereocenters. The van der Waals surface area contributed by atoms with Crippen molar-refractivity contribution in [2.45, 2.75) is 26.7 Å². The lowest BCUT2D eigenvalue weighted by Gasteiger charge is -2.32. The molecule has 1 rings (SSSR count). The lowest BCUT2D eigenvalue weighted by Crippen LogP contribution is -2.46. The fraction of sp³-hybridized carbons (Fsp3) is 0.727. The average Bonchev–Trinajstić information content (AvgIpc) is 2.27. The summed E-state index contributed by atoms with van der Waals surface area (Å²) in [6.07, 6.45) is 1.16. The molecule has 1 heterocycles. The first-order valence-electron chi connectivity index (χ1n) is 5.81. The predicted molar refractivity (Wildman–Crippen MR) is 61.9 cm³/mol. The molecule has 0 aromatic heterocycles. The molecule has 1 aliphatic heterocycles.